The summed E-state index contributed by atoms with van der Waals surface area (Å²) in [5.74, 6) is -1.14. The van der Waals surface area contributed by atoms with E-state index < -0.39 is 23.0 Å². The van der Waals surface area contributed by atoms with Gasteiger partial charge in [-0.25, -0.2) is 9.18 Å². The molecule has 0 aliphatic rings. The number of anilines is 2. The van der Waals surface area contributed by atoms with Crippen LogP contribution in [0.15, 0.2) is 33.9 Å². The molecule has 1 aromatic heterocycles. The van der Waals surface area contributed by atoms with Crippen LogP contribution in [0.1, 0.15) is 25.3 Å². The van der Waals surface area contributed by atoms with Gasteiger partial charge in [0.15, 0.2) is 5.69 Å². The fourth-order valence-electron chi connectivity index (χ4n) is 2.82. The molecule has 0 saturated carbocycles. The predicted molar refractivity (Wildman–Crippen MR) is 105 cm³/mol. The van der Waals surface area contributed by atoms with Gasteiger partial charge in [-0.2, -0.15) is 0 Å². The van der Waals surface area contributed by atoms with Crippen molar-refractivity contribution in [3.8, 4) is 0 Å². The van der Waals surface area contributed by atoms with Crippen molar-refractivity contribution in [3.05, 3.63) is 56.5 Å². The number of aromatic nitrogens is 2. The molecule has 2 rings (SSSR count). The lowest BCUT2D eigenvalue weighted by Crippen LogP contribution is -2.43. The number of nitrogens with zero attached hydrogens (tertiary/aromatic N) is 2. The average molecular weight is 392 g/mol. The summed E-state index contributed by atoms with van der Waals surface area (Å²) in [4.78, 5) is 40.8. The fourth-order valence-corrected chi connectivity index (χ4v) is 2.82. The number of rotatable bonds is 9. The van der Waals surface area contributed by atoms with E-state index in [-0.39, 0.29) is 36.6 Å². The lowest BCUT2D eigenvalue weighted by molar-refractivity contribution is -0.118. The Kier molecular flexibility index (Phi) is 7.51. The molecule has 0 atom stereocenters. The summed E-state index contributed by atoms with van der Waals surface area (Å²) in [5, 5.41) is 0. The largest absolute Gasteiger partial charge is 0.383 e. The van der Waals surface area contributed by atoms with Gasteiger partial charge in [-0.3, -0.25) is 19.1 Å². The number of benzene rings is 1. The quantitative estimate of drug-likeness (QED) is 0.668. The summed E-state index contributed by atoms with van der Waals surface area (Å²) in [6, 6.07) is 5.90. The lowest BCUT2D eigenvalue weighted by atomic mass is 10.1. The summed E-state index contributed by atoms with van der Waals surface area (Å²) < 4.78 is 20.2. The number of hydrogen-bond acceptors (Lipinski definition) is 5. The summed E-state index contributed by atoms with van der Waals surface area (Å²) >= 11 is 0. The Morgan fingerprint density at radius 3 is 2.68 bits per heavy atom. The van der Waals surface area contributed by atoms with Crippen LogP contribution in [0.5, 0.6) is 0 Å². The van der Waals surface area contributed by atoms with Crippen molar-refractivity contribution in [1.29, 1.82) is 0 Å². The Labute approximate surface area is 161 Å². The molecule has 0 aliphatic heterocycles. The summed E-state index contributed by atoms with van der Waals surface area (Å²) in [6.45, 7) is 2.43. The number of ether oxygens (including phenoxy) is 1. The molecule has 0 unspecified atom stereocenters. The second-order valence-corrected chi connectivity index (χ2v) is 6.30. The standard InChI is InChI=1S/C19H25FN4O4/c1-3-4-9-24-17(21)16(18(26)22-19(24)27)23(10-11-28-2)15(25)12-13-7-5-6-8-14(13)20/h5-8H,3-4,9-12,21H2,1-2H3,(H,22,26,27). The first-order valence-electron chi connectivity index (χ1n) is 9.06. The van der Waals surface area contributed by atoms with E-state index in [4.69, 9.17) is 10.5 Å². The highest BCUT2D eigenvalue weighted by Crippen LogP contribution is 2.19. The molecule has 0 aliphatic carbocycles. The highest BCUT2D eigenvalue weighted by atomic mass is 19.1. The van der Waals surface area contributed by atoms with Crippen LogP contribution < -0.4 is 21.9 Å². The third-order valence-corrected chi connectivity index (χ3v) is 4.34. The zero-order chi connectivity index (χ0) is 20.7. The number of carbonyl (C=O) groups is 1. The van der Waals surface area contributed by atoms with Gasteiger partial charge < -0.3 is 15.4 Å². The van der Waals surface area contributed by atoms with Crippen molar-refractivity contribution < 1.29 is 13.9 Å². The molecule has 1 aromatic carbocycles. The molecule has 0 fully saturated rings. The van der Waals surface area contributed by atoms with E-state index in [1.165, 1.54) is 29.9 Å². The van der Waals surface area contributed by atoms with Gasteiger partial charge in [-0.05, 0) is 18.1 Å². The highest BCUT2D eigenvalue weighted by Gasteiger charge is 2.24. The number of nitrogens with one attached hydrogen (secondary N) is 1. The van der Waals surface area contributed by atoms with Gasteiger partial charge in [0.05, 0.1) is 13.0 Å². The minimum atomic E-state index is -0.770. The summed E-state index contributed by atoms with van der Waals surface area (Å²) in [7, 11) is 1.45. The van der Waals surface area contributed by atoms with Crippen LogP contribution in [0.3, 0.4) is 0 Å². The number of H-pyrrole nitrogens is 1. The van der Waals surface area contributed by atoms with Crippen LogP contribution >= 0.6 is 0 Å². The van der Waals surface area contributed by atoms with E-state index in [2.05, 4.69) is 4.98 Å². The van der Waals surface area contributed by atoms with E-state index in [9.17, 15) is 18.8 Å². The molecular weight excluding hydrogens is 367 g/mol. The Balaban J connectivity index is 2.47. The van der Waals surface area contributed by atoms with Crippen LogP contribution in [0.4, 0.5) is 15.9 Å². The van der Waals surface area contributed by atoms with Crippen LogP contribution in [-0.4, -0.2) is 35.7 Å². The molecular formula is C19H25FN4O4. The second-order valence-electron chi connectivity index (χ2n) is 6.30. The molecule has 0 radical (unpaired) electrons. The van der Waals surface area contributed by atoms with Crippen LogP contribution in [0, 0.1) is 5.82 Å². The average Bonchev–Trinajstić information content (AvgIpc) is 2.65. The number of halogens is 1. The topological polar surface area (TPSA) is 110 Å². The van der Waals surface area contributed by atoms with Crippen LogP contribution in [0.25, 0.3) is 0 Å². The normalized spacial score (nSPS) is 10.8. The van der Waals surface area contributed by atoms with E-state index in [1.54, 1.807) is 6.07 Å². The number of nitrogens with two attached hydrogens (primary N) is 1. The number of hydrogen-bond donors (Lipinski definition) is 2. The molecule has 1 heterocycles. The zero-order valence-corrected chi connectivity index (χ0v) is 16.0. The third kappa shape index (κ3) is 4.86. The van der Waals surface area contributed by atoms with Gasteiger partial charge in [0.2, 0.25) is 5.91 Å². The molecule has 0 bridgehead atoms. The monoisotopic (exact) mass is 392 g/mol. The van der Waals surface area contributed by atoms with E-state index in [0.29, 0.717) is 13.0 Å². The Bertz CT molecular complexity index is 938. The number of carbonyl (C=O) groups excluding carboxylic acids is 1. The number of amides is 1. The summed E-state index contributed by atoms with van der Waals surface area (Å²) in [6.07, 6.45) is 1.24. The number of methoxy groups -OCH3 is 1. The smallest absolute Gasteiger partial charge is 0.330 e. The van der Waals surface area contributed by atoms with Gasteiger partial charge in [0, 0.05) is 20.2 Å². The molecule has 0 saturated heterocycles. The molecule has 28 heavy (non-hydrogen) atoms. The first kappa shape index (κ1) is 21.4. The predicted octanol–water partition coefficient (Wildman–Crippen LogP) is 1.28. The van der Waals surface area contributed by atoms with Crippen molar-refractivity contribution in [2.45, 2.75) is 32.7 Å². The number of aromatic amines is 1. The Morgan fingerprint density at radius 2 is 2.04 bits per heavy atom. The van der Waals surface area contributed by atoms with Gasteiger partial charge >= 0.3 is 5.69 Å². The molecule has 8 nitrogen and oxygen atoms in total. The van der Waals surface area contributed by atoms with Crippen molar-refractivity contribution >= 4 is 17.4 Å². The second kappa shape index (κ2) is 9.84. The van der Waals surface area contributed by atoms with Crippen LogP contribution in [-0.2, 0) is 22.5 Å². The maximum Gasteiger partial charge on any atom is 0.330 e. The van der Waals surface area contributed by atoms with Gasteiger partial charge in [0.1, 0.15) is 11.6 Å². The van der Waals surface area contributed by atoms with Crippen molar-refractivity contribution in [2.24, 2.45) is 0 Å². The molecule has 3 N–H and O–H groups in total. The maximum absolute atomic E-state index is 13.9. The number of nitrogen functional groups attached to an aromatic ring is 1. The van der Waals surface area contributed by atoms with E-state index in [0.717, 1.165) is 11.3 Å². The first-order valence-corrected chi connectivity index (χ1v) is 9.06. The molecule has 9 heteroatoms. The van der Waals surface area contributed by atoms with Crippen molar-refractivity contribution in [1.82, 2.24) is 9.55 Å². The number of unbranched alkanes of at least 4 members (excludes halogenated alkanes) is 1. The SMILES string of the molecule is CCCCn1c(N)c(N(CCOC)C(=O)Cc2ccccc2F)c(=O)[nH]c1=O. The maximum atomic E-state index is 13.9. The highest BCUT2D eigenvalue weighted by molar-refractivity contribution is 5.96. The van der Waals surface area contributed by atoms with E-state index >= 15 is 0 Å². The molecule has 0 spiro atoms. The Hall–Kier alpha value is -2.94. The fraction of sp³-hybridized carbons (Fsp3) is 0.421. The van der Waals surface area contributed by atoms with Crippen LogP contribution in [0.2, 0.25) is 0 Å². The van der Waals surface area contributed by atoms with Crippen molar-refractivity contribution in [2.75, 3.05) is 30.9 Å². The van der Waals surface area contributed by atoms with Crippen molar-refractivity contribution in [3.63, 3.8) is 0 Å². The minimum absolute atomic E-state index is 0.0308. The van der Waals surface area contributed by atoms with E-state index in [1.807, 2.05) is 6.92 Å². The van der Waals surface area contributed by atoms with Gasteiger partial charge in [-0.1, -0.05) is 31.5 Å². The first-order chi connectivity index (χ1) is 13.4. The molecule has 1 amide bonds. The third-order valence-electron chi connectivity index (χ3n) is 4.34. The molecule has 2 aromatic rings. The zero-order valence-electron chi connectivity index (χ0n) is 16.0. The van der Waals surface area contributed by atoms with Gasteiger partial charge in [-0.15, -0.1) is 0 Å². The molecule has 152 valence electrons. The van der Waals surface area contributed by atoms with Gasteiger partial charge in [0.25, 0.3) is 5.56 Å². The minimum Gasteiger partial charge on any atom is -0.383 e. The Morgan fingerprint density at radius 1 is 1.32 bits per heavy atom. The lowest BCUT2D eigenvalue weighted by Gasteiger charge is -2.24. The summed E-state index contributed by atoms with van der Waals surface area (Å²) in [5.41, 5.74) is 4.76.